The van der Waals surface area contributed by atoms with Crippen molar-refractivity contribution in [1.82, 2.24) is 0 Å². The van der Waals surface area contributed by atoms with Crippen molar-refractivity contribution in [2.75, 3.05) is 6.61 Å². The van der Waals surface area contributed by atoms with Crippen LogP contribution in [-0.2, 0) is 4.74 Å². The van der Waals surface area contributed by atoms with Crippen molar-refractivity contribution in [3.63, 3.8) is 0 Å². The minimum Gasteiger partial charge on any atom is -0.494 e. The first-order valence-electron chi connectivity index (χ1n) is 6.06. The summed E-state index contributed by atoms with van der Waals surface area (Å²) in [4.78, 5) is 11.1. The zero-order chi connectivity index (χ0) is 12.3. The lowest BCUT2D eigenvalue weighted by atomic mass is 10.1. The molecule has 1 heterocycles. The van der Waals surface area contributed by atoms with Gasteiger partial charge in [-0.25, -0.2) is 0 Å². The second-order valence-electron chi connectivity index (χ2n) is 4.45. The zero-order valence-corrected chi connectivity index (χ0v) is 10.3. The molecule has 1 aliphatic heterocycles. The Hall–Kier alpha value is -1.35. The van der Waals surface area contributed by atoms with Gasteiger partial charge in [0.1, 0.15) is 5.75 Å². The normalized spacial score (nSPS) is 22.2. The molecule has 1 fully saturated rings. The van der Waals surface area contributed by atoms with Crippen molar-refractivity contribution in [2.45, 2.75) is 38.9 Å². The zero-order valence-electron chi connectivity index (χ0n) is 10.3. The van der Waals surface area contributed by atoms with E-state index in [1.807, 2.05) is 12.1 Å². The van der Waals surface area contributed by atoms with Gasteiger partial charge in [-0.3, -0.25) is 4.79 Å². The van der Waals surface area contributed by atoms with E-state index in [-0.39, 0.29) is 5.78 Å². The fourth-order valence-corrected chi connectivity index (χ4v) is 1.79. The molecule has 1 aromatic rings. The van der Waals surface area contributed by atoms with Crippen LogP contribution in [0.3, 0.4) is 0 Å². The van der Waals surface area contributed by atoms with Gasteiger partial charge in [0.25, 0.3) is 0 Å². The Morgan fingerprint density at radius 3 is 2.53 bits per heavy atom. The highest BCUT2D eigenvalue weighted by atomic mass is 16.6. The fraction of sp³-hybridized carbons (Fsp3) is 0.500. The lowest BCUT2D eigenvalue weighted by molar-refractivity contribution is 0.101. The van der Waals surface area contributed by atoms with Crippen molar-refractivity contribution in [3.05, 3.63) is 29.8 Å². The molecule has 0 spiro atoms. The average Bonchev–Trinajstić information content (AvgIpc) is 3.01. The van der Waals surface area contributed by atoms with Crippen LogP contribution in [0.5, 0.6) is 5.75 Å². The first-order chi connectivity index (χ1) is 8.16. The molecule has 2 atom stereocenters. The van der Waals surface area contributed by atoms with Crippen molar-refractivity contribution in [2.24, 2.45) is 0 Å². The maximum absolute atomic E-state index is 11.1. The van der Waals surface area contributed by atoms with Crippen LogP contribution >= 0.6 is 0 Å². The van der Waals surface area contributed by atoms with Gasteiger partial charge >= 0.3 is 0 Å². The van der Waals surface area contributed by atoms with Crippen LogP contribution in [0.4, 0.5) is 0 Å². The van der Waals surface area contributed by atoms with Gasteiger partial charge in [0, 0.05) is 5.56 Å². The Labute approximate surface area is 102 Å². The van der Waals surface area contributed by atoms with E-state index in [0.717, 1.165) is 24.2 Å². The highest BCUT2D eigenvalue weighted by Crippen LogP contribution is 2.25. The molecule has 0 saturated carbocycles. The lowest BCUT2D eigenvalue weighted by Gasteiger charge is -2.05. The van der Waals surface area contributed by atoms with Gasteiger partial charge in [0.2, 0.25) is 0 Å². The standard InChI is InChI=1S/C14H18O3/c1-10(15)12-5-7-13(8-6-12)16-9-3-4-14-11(2)17-14/h5-8,11,14H,3-4,9H2,1-2H3. The molecule has 0 amide bonds. The number of epoxide rings is 1. The lowest BCUT2D eigenvalue weighted by Crippen LogP contribution is -2.00. The first-order valence-corrected chi connectivity index (χ1v) is 6.06. The van der Waals surface area contributed by atoms with Gasteiger partial charge in [0.15, 0.2) is 5.78 Å². The summed E-state index contributed by atoms with van der Waals surface area (Å²) in [6, 6.07) is 7.27. The number of ether oxygens (including phenoxy) is 2. The van der Waals surface area contributed by atoms with E-state index in [0.29, 0.717) is 18.8 Å². The predicted octanol–water partition coefficient (Wildman–Crippen LogP) is 2.84. The van der Waals surface area contributed by atoms with Crippen LogP contribution in [0.2, 0.25) is 0 Å². The second-order valence-corrected chi connectivity index (χ2v) is 4.45. The Kier molecular flexibility index (Phi) is 3.79. The molecule has 3 nitrogen and oxygen atoms in total. The Morgan fingerprint density at radius 1 is 1.35 bits per heavy atom. The van der Waals surface area contributed by atoms with Gasteiger partial charge in [-0.2, -0.15) is 0 Å². The van der Waals surface area contributed by atoms with Crippen LogP contribution in [0.25, 0.3) is 0 Å². The molecule has 17 heavy (non-hydrogen) atoms. The number of hydrogen-bond acceptors (Lipinski definition) is 3. The quantitative estimate of drug-likeness (QED) is 0.431. The van der Waals surface area contributed by atoms with Crippen LogP contribution in [0, 0.1) is 0 Å². The van der Waals surface area contributed by atoms with Gasteiger partial charge in [-0.15, -0.1) is 0 Å². The van der Waals surface area contributed by atoms with Gasteiger partial charge < -0.3 is 9.47 Å². The molecule has 0 N–H and O–H groups in total. The van der Waals surface area contributed by atoms with E-state index in [9.17, 15) is 4.79 Å². The Bertz CT molecular complexity index is 383. The monoisotopic (exact) mass is 234 g/mol. The third kappa shape index (κ3) is 3.56. The summed E-state index contributed by atoms with van der Waals surface area (Å²) in [5.41, 5.74) is 0.720. The first kappa shape index (κ1) is 12.1. The van der Waals surface area contributed by atoms with Gasteiger partial charge in [0.05, 0.1) is 18.8 Å². The molecule has 92 valence electrons. The van der Waals surface area contributed by atoms with E-state index < -0.39 is 0 Å². The van der Waals surface area contributed by atoms with Crippen molar-refractivity contribution >= 4 is 5.78 Å². The Morgan fingerprint density at radius 2 is 2.00 bits per heavy atom. The highest BCUT2D eigenvalue weighted by molar-refractivity contribution is 5.94. The molecule has 2 unspecified atom stereocenters. The minimum atomic E-state index is 0.0800. The molecule has 1 saturated heterocycles. The summed E-state index contributed by atoms with van der Waals surface area (Å²) >= 11 is 0. The number of benzene rings is 1. The molecule has 0 aromatic heterocycles. The number of carbonyl (C=O) groups is 1. The van der Waals surface area contributed by atoms with Gasteiger partial charge in [-0.1, -0.05) is 0 Å². The number of hydrogen-bond donors (Lipinski definition) is 0. The minimum absolute atomic E-state index is 0.0800. The summed E-state index contributed by atoms with van der Waals surface area (Å²) in [6.45, 7) is 4.35. The molecule has 3 heteroatoms. The average molecular weight is 234 g/mol. The van der Waals surface area contributed by atoms with Crippen LogP contribution in [-0.4, -0.2) is 24.6 Å². The Balaban J connectivity index is 1.69. The third-order valence-corrected chi connectivity index (χ3v) is 3.00. The molecular weight excluding hydrogens is 216 g/mol. The maximum Gasteiger partial charge on any atom is 0.159 e. The second kappa shape index (κ2) is 5.32. The van der Waals surface area contributed by atoms with Crippen molar-refractivity contribution in [3.8, 4) is 5.75 Å². The van der Waals surface area contributed by atoms with Gasteiger partial charge in [-0.05, 0) is 51.0 Å². The van der Waals surface area contributed by atoms with Crippen LogP contribution < -0.4 is 4.74 Å². The van der Waals surface area contributed by atoms with Crippen LogP contribution in [0.15, 0.2) is 24.3 Å². The number of ketones is 1. The molecule has 1 aromatic carbocycles. The van der Waals surface area contributed by atoms with Crippen LogP contribution in [0.1, 0.15) is 37.0 Å². The summed E-state index contributed by atoms with van der Waals surface area (Å²) < 4.78 is 10.9. The molecule has 1 aliphatic rings. The number of Topliss-reactive ketones (excluding diaryl/α,β-unsaturated/α-hetero) is 1. The molecule has 0 radical (unpaired) electrons. The van der Waals surface area contributed by atoms with Crippen molar-refractivity contribution in [1.29, 1.82) is 0 Å². The fourth-order valence-electron chi connectivity index (χ4n) is 1.79. The smallest absolute Gasteiger partial charge is 0.159 e. The molecule has 2 rings (SSSR count). The summed E-state index contributed by atoms with van der Waals surface area (Å²) in [6.07, 6.45) is 2.94. The molecule has 0 bridgehead atoms. The molecule has 0 aliphatic carbocycles. The number of rotatable bonds is 6. The predicted molar refractivity (Wildman–Crippen MR) is 65.5 cm³/mol. The highest BCUT2D eigenvalue weighted by Gasteiger charge is 2.32. The van der Waals surface area contributed by atoms with E-state index >= 15 is 0 Å². The van der Waals surface area contributed by atoms with E-state index in [2.05, 4.69) is 6.92 Å². The summed E-state index contributed by atoms with van der Waals surface area (Å²) in [5.74, 6) is 0.899. The summed E-state index contributed by atoms with van der Waals surface area (Å²) in [5, 5.41) is 0. The van der Waals surface area contributed by atoms with E-state index in [1.165, 1.54) is 0 Å². The SMILES string of the molecule is CC(=O)c1ccc(OCCCC2OC2C)cc1. The largest absolute Gasteiger partial charge is 0.494 e. The topological polar surface area (TPSA) is 38.8 Å². The summed E-state index contributed by atoms with van der Waals surface area (Å²) in [7, 11) is 0. The third-order valence-electron chi connectivity index (χ3n) is 3.00. The number of carbonyl (C=O) groups excluding carboxylic acids is 1. The van der Waals surface area contributed by atoms with E-state index in [4.69, 9.17) is 9.47 Å². The van der Waals surface area contributed by atoms with Crippen molar-refractivity contribution < 1.29 is 14.3 Å². The van der Waals surface area contributed by atoms with E-state index in [1.54, 1.807) is 19.1 Å². The maximum atomic E-state index is 11.1. The molecular formula is C14H18O3.